The predicted octanol–water partition coefficient (Wildman–Crippen LogP) is 3.09. The minimum atomic E-state index is -0.288. The molecule has 0 atom stereocenters. The van der Waals surface area contributed by atoms with E-state index in [0.29, 0.717) is 23.9 Å². The SMILES string of the molecule is Cc1onc(-c2ccc(F)cc2)c1COc1ccn[nH]1. The van der Waals surface area contributed by atoms with Crippen LogP contribution in [0.15, 0.2) is 41.1 Å². The molecule has 0 aliphatic heterocycles. The fraction of sp³-hybridized carbons (Fsp3) is 0.143. The quantitative estimate of drug-likeness (QED) is 0.793. The molecule has 2 heterocycles. The zero-order valence-corrected chi connectivity index (χ0v) is 10.8. The molecule has 1 aromatic carbocycles. The fourth-order valence-corrected chi connectivity index (χ4v) is 1.87. The first-order valence-corrected chi connectivity index (χ1v) is 6.07. The Bertz CT molecular complexity index is 690. The standard InChI is InChI=1S/C14H12FN3O2/c1-9-12(8-19-13-6-7-16-17-13)14(18-20-9)10-2-4-11(15)5-3-10/h2-7H,8H2,1H3,(H,16,17). The summed E-state index contributed by atoms with van der Waals surface area (Å²) in [4.78, 5) is 0. The van der Waals surface area contributed by atoms with Crippen LogP contribution in [0.25, 0.3) is 11.3 Å². The first-order chi connectivity index (χ1) is 9.74. The number of aromatic amines is 1. The van der Waals surface area contributed by atoms with E-state index in [0.717, 1.165) is 11.1 Å². The van der Waals surface area contributed by atoms with Crippen molar-refractivity contribution in [3.8, 4) is 17.1 Å². The van der Waals surface area contributed by atoms with Crippen LogP contribution in [0.3, 0.4) is 0 Å². The molecule has 2 aromatic heterocycles. The summed E-state index contributed by atoms with van der Waals surface area (Å²) in [6.45, 7) is 2.11. The maximum absolute atomic E-state index is 13.0. The fourth-order valence-electron chi connectivity index (χ4n) is 1.87. The highest BCUT2D eigenvalue weighted by molar-refractivity contribution is 5.63. The molecule has 0 spiro atoms. The smallest absolute Gasteiger partial charge is 0.209 e. The molecule has 0 bridgehead atoms. The number of benzene rings is 1. The van der Waals surface area contributed by atoms with E-state index in [9.17, 15) is 4.39 Å². The summed E-state index contributed by atoms with van der Waals surface area (Å²) >= 11 is 0. The molecule has 1 N–H and O–H groups in total. The van der Waals surface area contributed by atoms with Gasteiger partial charge in [-0.2, -0.15) is 5.10 Å². The lowest BCUT2D eigenvalue weighted by Crippen LogP contribution is -1.98. The van der Waals surface area contributed by atoms with Gasteiger partial charge in [0.05, 0.1) is 11.8 Å². The Hall–Kier alpha value is -2.63. The number of H-pyrrole nitrogens is 1. The van der Waals surface area contributed by atoms with Crippen LogP contribution in [0.5, 0.6) is 5.88 Å². The summed E-state index contributed by atoms with van der Waals surface area (Å²) in [5, 5.41) is 10.5. The van der Waals surface area contributed by atoms with Crippen LogP contribution in [0.1, 0.15) is 11.3 Å². The molecule has 6 heteroatoms. The normalized spacial score (nSPS) is 10.7. The lowest BCUT2D eigenvalue weighted by Gasteiger charge is -2.04. The monoisotopic (exact) mass is 273 g/mol. The highest BCUT2D eigenvalue weighted by Crippen LogP contribution is 2.26. The summed E-state index contributed by atoms with van der Waals surface area (Å²) in [6.07, 6.45) is 1.61. The van der Waals surface area contributed by atoms with Gasteiger partial charge in [0.25, 0.3) is 0 Å². The van der Waals surface area contributed by atoms with Crippen molar-refractivity contribution in [1.29, 1.82) is 0 Å². The lowest BCUT2D eigenvalue weighted by molar-refractivity contribution is 0.290. The van der Waals surface area contributed by atoms with E-state index in [1.165, 1.54) is 12.1 Å². The van der Waals surface area contributed by atoms with Crippen molar-refractivity contribution >= 4 is 0 Å². The third-order valence-corrected chi connectivity index (χ3v) is 2.95. The highest BCUT2D eigenvalue weighted by atomic mass is 19.1. The molecule has 3 rings (SSSR count). The van der Waals surface area contributed by atoms with Gasteiger partial charge >= 0.3 is 0 Å². The Morgan fingerprint density at radius 1 is 1.25 bits per heavy atom. The lowest BCUT2D eigenvalue weighted by atomic mass is 10.1. The van der Waals surface area contributed by atoms with Crippen LogP contribution in [0.2, 0.25) is 0 Å². The third kappa shape index (κ3) is 2.40. The molecule has 0 amide bonds. The van der Waals surface area contributed by atoms with Crippen molar-refractivity contribution in [3.63, 3.8) is 0 Å². The molecule has 0 saturated carbocycles. The molecular formula is C14H12FN3O2. The minimum Gasteiger partial charge on any atom is -0.473 e. The number of aryl methyl sites for hydroxylation is 1. The molecule has 0 aliphatic rings. The summed E-state index contributed by atoms with van der Waals surface area (Å²) in [6, 6.07) is 7.82. The van der Waals surface area contributed by atoms with Gasteiger partial charge in [-0.3, -0.25) is 0 Å². The summed E-state index contributed by atoms with van der Waals surface area (Å²) in [7, 11) is 0. The van der Waals surface area contributed by atoms with Gasteiger partial charge in [-0.15, -0.1) is 0 Å². The number of halogens is 1. The second-order valence-corrected chi connectivity index (χ2v) is 4.28. The van der Waals surface area contributed by atoms with Gasteiger partial charge < -0.3 is 9.26 Å². The maximum Gasteiger partial charge on any atom is 0.209 e. The second kappa shape index (κ2) is 5.16. The first-order valence-electron chi connectivity index (χ1n) is 6.07. The van der Waals surface area contributed by atoms with E-state index in [-0.39, 0.29) is 5.82 Å². The Labute approximate surface area is 114 Å². The zero-order valence-electron chi connectivity index (χ0n) is 10.8. The van der Waals surface area contributed by atoms with Crippen LogP contribution in [0.4, 0.5) is 4.39 Å². The topological polar surface area (TPSA) is 63.9 Å². The van der Waals surface area contributed by atoms with Gasteiger partial charge in [0.15, 0.2) is 0 Å². The van der Waals surface area contributed by atoms with Gasteiger partial charge in [-0.05, 0) is 31.2 Å². The Morgan fingerprint density at radius 2 is 2.05 bits per heavy atom. The van der Waals surface area contributed by atoms with Crippen molar-refractivity contribution in [3.05, 3.63) is 53.7 Å². The molecule has 5 nitrogen and oxygen atoms in total. The van der Waals surface area contributed by atoms with E-state index in [2.05, 4.69) is 15.4 Å². The Kier molecular flexibility index (Phi) is 3.20. The molecule has 102 valence electrons. The predicted molar refractivity (Wildman–Crippen MR) is 69.6 cm³/mol. The van der Waals surface area contributed by atoms with Gasteiger partial charge in [-0.25, -0.2) is 9.49 Å². The first kappa shape index (κ1) is 12.4. The van der Waals surface area contributed by atoms with Crippen LogP contribution in [-0.4, -0.2) is 15.4 Å². The number of rotatable bonds is 4. The van der Waals surface area contributed by atoms with Crippen LogP contribution < -0.4 is 4.74 Å². The average molecular weight is 273 g/mol. The van der Waals surface area contributed by atoms with Crippen LogP contribution in [0, 0.1) is 12.7 Å². The van der Waals surface area contributed by atoms with Crippen LogP contribution in [-0.2, 0) is 6.61 Å². The maximum atomic E-state index is 13.0. The second-order valence-electron chi connectivity index (χ2n) is 4.28. The van der Waals surface area contributed by atoms with Crippen molar-refractivity contribution in [2.45, 2.75) is 13.5 Å². The number of nitrogens with one attached hydrogen (secondary N) is 1. The van der Waals surface area contributed by atoms with E-state index >= 15 is 0 Å². The van der Waals surface area contributed by atoms with E-state index in [4.69, 9.17) is 9.26 Å². The minimum absolute atomic E-state index is 0.288. The molecule has 0 fully saturated rings. The molecule has 0 saturated heterocycles. The zero-order chi connectivity index (χ0) is 13.9. The van der Waals surface area contributed by atoms with E-state index in [1.807, 2.05) is 6.92 Å². The molecule has 0 radical (unpaired) electrons. The molecule has 0 unspecified atom stereocenters. The molecular weight excluding hydrogens is 261 g/mol. The number of ether oxygens (including phenoxy) is 1. The number of hydrogen-bond acceptors (Lipinski definition) is 4. The summed E-state index contributed by atoms with van der Waals surface area (Å²) in [5.41, 5.74) is 2.26. The molecule has 0 aliphatic carbocycles. The van der Waals surface area contributed by atoms with Crippen molar-refractivity contribution in [2.75, 3.05) is 0 Å². The molecule has 3 aromatic rings. The number of aromatic nitrogens is 3. The van der Waals surface area contributed by atoms with Crippen molar-refractivity contribution in [2.24, 2.45) is 0 Å². The largest absolute Gasteiger partial charge is 0.473 e. The Balaban J connectivity index is 1.87. The highest BCUT2D eigenvalue weighted by Gasteiger charge is 2.15. The van der Waals surface area contributed by atoms with Crippen LogP contribution >= 0.6 is 0 Å². The average Bonchev–Trinajstić information content (AvgIpc) is 3.07. The van der Waals surface area contributed by atoms with Gasteiger partial charge in [0.1, 0.15) is 23.9 Å². The van der Waals surface area contributed by atoms with Gasteiger partial charge in [0, 0.05) is 11.6 Å². The van der Waals surface area contributed by atoms with Crippen molar-refractivity contribution in [1.82, 2.24) is 15.4 Å². The summed E-state index contributed by atoms with van der Waals surface area (Å²) in [5.74, 6) is 0.948. The Morgan fingerprint density at radius 3 is 2.75 bits per heavy atom. The van der Waals surface area contributed by atoms with E-state index in [1.54, 1.807) is 24.4 Å². The number of nitrogens with zero attached hydrogens (tertiary/aromatic N) is 2. The van der Waals surface area contributed by atoms with Gasteiger partial charge in [-0.1, -0.05) is 5.16 Å². The van der Waals surface area contributed by atoms with Crippen molar-refractivity contribution < 1.29 is 13.7 Å². The third-order valence-electron chi connectivity index (χ3n) is 2.95. The number of hydrogen-bond donors (Lipinski definition) is 1. The summed E-state index contributed by atoms with van der Waals surface area (Å²) < 4.78 is 23.7. The molecule has 20 heavy (non-hydrogen) atoms. The van der Waals surface area contributed by atoms with Gasteiger partial charge in [0.2, 0.25) is 5.88 Å². The van der Waals surface area contributed by atoms with E-state index < -0.39 is 0 Å².